The molecule has 1 aliphatic heterocycles. The topological polar surface area (TPSA) is 58.2 Å². The van der Waals surface area contributed by atoms with Crippen LogP contribution in [0.2, 0.25) is 0 Å². The van der Waals surface area contributed by atoms with Crippen molar-refractivity contribution < 1.29 is 21.6 Å². The molecule has 19 heavy (non-hydrogen) atoms. The van der Waals surface area contributed by atoms with E-state index < -0.39 is 28.2 Å². The summed E-state index contributed by atoms with van der Waals surface area (Å²) in [5.41, 5.74) is 0. The summed E-state index contributed by atoms with van der Waals surface area (Å²) in [7, 11) is -3.63. The molecule has 0 aliphatic carbocycles. The highest BCUT2D eigenvalue weighted by Gasteiger charge is 2.45. The molecule has 0 saturated carbocycles. The van der Waals surface area contributed by atoms with Crippen LogP contribution >= 0.6 is 0 Å². The third kappa shape index (κ3) is 5.66. The van der Waals surface area contributed by atoms with E-state index in [4.69, 9.17) is 0 Å². The molecule has 1 fully saturated rings. The predicted molar refractivity (Wildman–Crippen MR) is 67.3 cm³/mol. The van der Waals surface area contributed by atoms with E-state index in [1.807, 2.05) is 6.92 Å². The van der Waals surface area contributed by atoms with Gasteiger partial charge in [-0.2, -0.15) is 13.2 Å². The van der Waals surface area contributed by atoms with Crippen molar-refractivity contribution in [1.29, 1.82) is 0 Å². The van der Waals surface area contributed by atoms with Crippen LogP contribution in [-0.4, -0.2) is 39.5 Å². The molecule has 1 aliphatic rings. The number of alkyl halides is 3. The number of halogens is 3. The number of hydrogen-bond acceptors (Lipinski definition) is 3. The van der Waals surface area contributed by atoms with Crippen molar-refractivity contribution in [3.05, 3.63) is 0 Å². The SMILES string of the molecule is CCCCS(=O)(=O)NC1CCNCCC1C(F)(F)F. The number of nitrogens with one attached hydrogen (secondary N) is 2. The Bertz CT molecular complexity index is 371. The maximum Gasteiger partial charge on any atom is 0.393 e. The second-order valence-corrected chi connectivity index (χ2v) is 6.75. The molecule has 0 aromatic rings. The van der Waals surface area contributed by atoms with Crippen molar-refractivity contribution in [3.63, 3.8) is 0 Å². The van der Waals surface area contributed by atoms with Crippen LogP contribution in [0, 0.1) is 5.92 Å². The van der Waals surface area contributed by atoms with Crippen LogP contribution in [0.15, 0.2) is 0 Å². The summed E-state index contributed by atoms with van der Waals surface area (Å²) >= 11 is 0. The standard InChI is InChI=1S/C11H21F3N2O2S/c1-2-3-8-19(17,18)16-10-5-7-15-6-4-9(10)11(12,13)14/h9-10,15-16H,2-8H2,1H3. The molecule has 0 radical (unpaired) electrons. The second kappa shape index (κ2) is 6.90. The van der Waals surface area contributed by atoms with Crippen molar-refractivity contribution in [2.45, 2.75) is 44.8 Å². The van der Waals surface area contributed by atoms with Crippen LogP contribution in [0.4, 0.5) is 13.2 Å². The highest BCUT2D eigenvalue weighted by Crippen LogP contribution is 2.33. The minimum absolute atomic E-state index is 0.0928. The first kappa shape index (κ1) is 16.7. The molecule has 8 heteroatoms. The van der Waals surface area contributed by atoms with Gasteiger partial charge in [-0.05, 0) is 32.4 Å². The Hall–Kier alpha value is -0.340. The zero-order valence-corrected chi connectivity index (χ0v) is 11.8. The minimum Gasteiger partial charge on any atom is -0.317 e. The van der Waals surface area contributed by atoms with E-state index in [-0.39, 0.29) is 25.1 Å². The quantitative estimate of drug-likeness (QED) is 0.811. The van der Waals surface area contributed by atoms with Crippen LogP contribution in [0.5, 0.6) is 0 Å². The molecular formula is C11H21F3N2O2S. The molecule has 114 valence electrons. The van der Waals surface area contributed by atoms with Crippen LogP contribution in [0.3, 0.4) is 0 Å². The Morgan fingerprint density at radius 2 is 1.89 bits per heavy atom. The summed E-state index contributed by atoms with van der Waals surface area (Å²) in [5.74, 6) is -1.73. The van der Waals surface area contributed by atoms with Crippen molar-refractivity contribution in [3.8, 4) is 0 Å². The van der Waals surface area contributed by atoms with Crippen LogP contribution in [-0.2, 0) is 10.0 Å². The molecule has 0 amide bonds. The number of hydrogen-bond donors (Lipinski definition) is 2. The summed E-state index contributed by atoms with van der Waals surface area (Å²) < 4.78 is 64.5. The molecule has 1 rings (SSSR count). The van der Waals surface area contributed by atoms with Gasteiger partial charge in [-0.1, -0.05) is 13.3 Å². The zero-order chi connectivity index (χ0) is 14.5. The lowest BCUT2D eigenvalue weighted by Crippen LogP contribution is -2.46. The van der Waals surface area contributed by atoms with Crippen molar-refractivity contribution >= 4 is 10.0 Å². The summed E-state index contributed by atoms with van der Waals surface area (Å²) in [4.78, 5) is 0. The molecule has 0 bridgehead atoms. The molecule has 0 spiro atoms. The Kier molecular flexibility index (Phi) is 6.07. The van der Waals surface area contributed by atoms with E-state index in [1.54, 1.807) is 0 Å². The largest absolute Gasteiger partial charge is 0.393 e. The van der Waals surface area contributed by atoms with E-state index in [1.165, 1.54) is 0 Å². The highest BCUT2D eigenvalue weighted by molar-refractivity contribution is 7.89. The molecule has 2 unspecified atom stereocenters. The van der Waals surface area contributed by atoms with E-state index in [9.17, 15) is 21.6 Å². The maximum atomic E-state index is 12.9. The summed E-state index contributed by atoms with van der Waals surface area (Å²) in [6.07, 6.45) is -3.16. The van der Waals surface area contributed by atoms with Gasteiger partial charge in [0.15, 0.2) is 0 Å². The van der Waals surface area contributed by atoms with Gasteiger partial charge in [0, 0.05) is 6.04 Å². The Labute approximate surface area is 112 Å². The monoisotopic (exact) mass is 302 g/mol. The molecule has 1 saturated heterocycles. The van der Waals surface area contributed by atoms with Gasteiger partial charge in [-0.3, -0.25) is 0 Å². The fourth-order valence-electron chi connectivity index (χ4n) is 2.20. The Morgan fingerprint density at radius 3 is 2.47 bits per heavy atom. The summed E-state index contributed by atoms with van der Waals surface area (Å²) in [6, 6.07) is -1.06. The molecule has 2 atom stereocenters. The van der Waals surface area contributed by atoms with Gasteiger partial charge < -0.3 is 5.32 Å². The van der Waals surface area contributed by atoms with E-state index in [0.29, 0.717) is 19.4 Å². The van der Waals surface area contributed by atoms with Gasteiger partial charge in [-0.25, -0.2) is 13.1 Å². The summed E-state index contributed by atoms with van der Waals surface area (Å²) in [6.45, 7) is 2.49. The van der Waals surface area contributed by atoms with Crippen LogP contribution in [0.25, 0.3) is 0 Å². The van der Waals surface area contributed by atoms with E-state index in [2.05, 4.69) is 10.0 Å². The molecule has 0 aromatic heterocycles. The third-order valence-electron chi connectivity index (χ3n) is 3.27. The fourth-order valence-corrected chi connectivity index (χ4v) is 3.73. The highest BCUT2D eigenvalue weighted by atomic mass is 32.2. The lowest BCUT2D eigenvalue weighted by atomic mass is 9.95. The number of rotatable bonds is 5. The lowest BCUT2D eigenvalue weighted by molar-refractivity contribution is -0.181. The van der Waals surface area contributed by atoms with Crippen molar-refractivity contribution in [2.24, 2.45) is 5.92 Å². The average molecular weight is 302 g/mol. The molecular weight excluding hydrogens is 281 g/mol. The smallest absolute Gasteiger partial charge is 0.317 e. The second-order valence-electron chi connectivity index (χ2n) is 4.87. The number of unbranched alkanes of at least 4 members (excludes halogenated alkanes) is 1. The van der Waals surface area contributed by atoms with Crippen LogP contribution in [0.1, 0.15) is 32.6 Å². The van der Waals surface area contributed by atoms with Gasteiger partial charge in [0.1, 0.15) is 0 Å². The fraction of sp³-hybridized carbons (Fsp3) is 1.00. The number of sulfonamides is 1. The first-order valence-electron chi connectivity index (χ1n) is 6.53. The lowest BCUT2D eigenvalue weighted by Gasteiger charge is -2.27. The van der Waals surface area contributed by atoms with E-state index >= 15 is 0 Å². The van der Waals surface area contributed by atoms with Crippen LogP contribution < -0.4 is 10.0 Å². The predicted octanol–water partition coefficient (Wildman–Crippen LogP) is 1.64. The first-order chi connectivity index (χ1) is 8.76. The van der Waals surface area contributed by atoms with Crippen molar-refractivity contribution in [2.75, 3.05) is 18.8 Å². The van der Waals surface area contributed by atoms with Crippen molar-refractivity contribution in [1.82, 2.24) is 10.0 Å². The molecule has 1 heterocycles. The average Bonchev–Trinajstić information content (AvgIpc) is 2.50. The zero-order valence-electron chi connectivity index (χ0n) is 11.0. The van der Waals surface area contributed by atoms with E-state index in [0.717, 1.165) is 0 Å². The molecule has 4 nitrogen and oxygen atoms in total. The Balaban J connectivity index is 2.75. The summed E-state index contributed by atoms with van der Waals surface area (Å²) in [5, 5.41) is 2.87. The minimum atomic E-state index is -4.37. The molecule has 0 aromatic carbocycles. The van der Waals surface area contributed by atoms with Gasteiger partial charge in [0.05, 0.1) is 11.7 Å². The van der Waals surface area contributed by atoms with Gasteiger partial charge in [0.2, 0.25) is 10.0 Å². The normalized spacial score (nSPS) is 26.1. The third-order valence-corrected chi connectivity index (χ3v) is 4.76. The Morgan fingerprint density at radius 1 is 1.26 bits per heavy atom. The van der Waals surface area contributed by atoms with Gasteiger partial charge >= 0.3 is 6.18 Å². The maximum absolute atomic E-state index is 12.9. The van der Waals surface area contributed by atoms with Gasteiger partial charge in [-0.15, -0.1) is 0 Å². The van der Waals surface area contributed by atoms with Gasteiger partial charge in [0.25, 0.3) is 0 Å². The first-order valence-corrected chi connectivity index (χ1v) is 8.19. The molecule has 2 N–H and O–H groups in total.